The van der Waals surface area contributed by atoms with Crippen molar-refractivity contribution in [2.24, 2.45) is 0 Å². The maximum atomic E-state index is 12.9. The van der Waals surface area contributed by atoms with Crippen molar-refractivity contribution in [1.82, 2.24) is 14.7 Å². The van der Waals surface area contributed by atoms with Crippen LogP contribution in [-0.4, -0.2) is 44.8 Å². The number of benzene rings is 1. The molecule has 0 spiro atoms. The highest BCUT2D eigenvalue weighted by atomic mass is 16.4. The van der Waals surface area contributed by atoms with E-state index in [9.17, 15) is 9.59 Å². The van der Waals surface area contributed by atoms with Crippen LogP contribution in [0.1, 0.15) is 47.1 Å². The Balaban J connectivity index is 1.98. The van der Waals surface area contributed by atoms with Crippen molar-refractivity contribution >= 4 is 11.9 Å². The maximum Gasteiger partial charge on any atom is 0.305 e. The fourth-order valence-electron chi connectivity index (χ4n) is 3.39. The summed E-state index contributed by atoms with van der Waals surface area (Å²) in [5.74, 6) is -1.07. The Morgan fingerprint density at radius 3 is 2.72 bits per heavy atom. The molecule has 6 nitrogen and oxygen atoms in total. The second-order valence-electron chi connectivity index (χ2n) is 6.35. The normalized spacial score (nSPS) is 12.9. The van der Waals surface area contributed by atoms with Crippen molar-refractivity contribution in [3.05, 3.63) is 46.8 Å². The Bertz CT molecular complexity index is 810. The second kappa shape index (κ2) is 7.09. The third-order valence-electron chi connectivity index (χ3n) is 4.74. The van der Waals surface area contributed by atoms with Crippen LogP contribution in [0.15, 0.2) is 24.3 Å². The van der Waals surface area contributed by atoms with Crippen LogP contribution in [0.5, 0.6) is 0 Å². The molecule has 2 aromatic rings. The molecule has 1 amide bonds. The van der Waals surface area contributed by atoms with Crippen molar-refractivity contribution in [2.75, 3.05) is 13.1 Å². The van der Waals surface area contributed by atoms with Crippen LogP contribution in [0.4, 0.5) is 0 Å². The van der Waals surface area contributed by atoms with Gasteiger partial charge in [-0.25, -0.2) is 4.68 Å². The van der Waals surface area contributed by atoms with E-state index in [0.29, 0.717) is 12.2 Å². The molecule has 25 heavy (non-hydrogen) atoms. The lowest BCUT2D eigenvalue weighted by Crippen LogP contribution is -2.33. The van der Waals surface area contributed by atoms with Gasteiger partial charge in [0.2, 0.25) is 0 Å². The number of carbonyl (C=O) groups excluding carboxylic acids is 1. The number of hydrogen-bond acceptors (Lipinski definition) is 3. The predicted molar refractivity (Wildman–Crippen MR) is 94.2 cm³/mol. The van der Waals surface area contributed by atoms with Gasteiger partial charge >= 0.3 is 5.97 Å². The van der Waals surface area contributed by atoms with Gasteiger partial charge in [0.15, 0.2) is 5.69 Å². The molecule has 132 valence electrons. The summed E-state index contributed by atoms with van der Waals surface area (Å²) >= 11 is 0. The van der Waals surface area contributed by atoms with Crippen LogP contribution in [-0.2, 0) is 17.6 Å². The minimum atomic E-state index is -0.901. The Labute approximate surface area is 147 Å². The van der Waals surface area contributed by atoms with Crippen LogP contribution in [0.2, 0.25) is 0 Å². The molecular weight excluding hydrogens is 318 g/mol. The Kier molecular flexibility index (Phi) is 4.88. The number of fused-ring (bicyclic) bond motifs is 1. The number of para-hydroxylation sites is 1. The first-order valence-electron chi connectivity index (χ1n) is 8.70. The van der Waals surface area contributed by atoms with Gasteiger partial charge in [0.1, 0.15) is 0 Å². The summed E-state index contributed by atoms with van der Waals surface area (Å²) in [7, 11) is 0. The molecule has 1 N–H and O–H groups in total. The van der Waals surface area contributed by atoms with Gasteiger partial charge in [-0.15, -0.1) is 0 Å². The van der Waals surface area contributed by atoms with E-state index in [2.05, 4.69) is 5.10 Å². The van der Waals surface area contributed by atoms with Crippen molar-refractivity contribution in [3.63, 3.8) is 0 Å². The van der Waals surface area contributed by atoms with Gasteiger partial charge in [0.25, 0.3) is 5.91 Å². The van der Waals surface area contributed by atoms with Crippen molar-refractivity contribution in [3.8, 4) is 5.69 Å². The van der Waals surface area contributed by atoms with Crippen LogP contribution < -0.4 is 0 Å². The third kappa shape index (κ3) is 3.29. The van der Waals surface area contributed by atoms with E-state index < -0.39 is 5.97 Å². The highest BCUT2D eigenvalue weighted by Gasteiger charge is 2.29. The quantitative estimate of drug-likeness (QED) is 0.876. The summed E-state index contributed by atoms with van der Waals surface area (Å²) in [5, 5.41) is 13.5. The molecular formula is C19H23N3O3. The first-order valence-corrected chi connectivity index (χ1v) is 8.70. The zero-order chi connectivity index (χ0) is 18.0. The summed E-state index contributed by atoms with van der Waals surface area (Å²) in [6.45, 7) is 4.57. The fraction of sp³-hybridized carbons (Fsp3) is 0.421. The van der Waals surface area contributed by atoms with Crippen molar-refractivity contribution < 1.29 is 14.7 Å². The van der Waals surface area contributed by atoms with E-state index in [-0.39, 0.29) is 18.9 Å². The first kappa shape index (κ1) is 17.2. The van der Waals surface area contributed by atoms with Crippen LogP contribution in [0.25, 0.3) is 5.69 Å². The molecule has 0 fully saturated rings. The molecule has 0 saturated heterocycles. The van der Waals surface area contributed by atoms with E-state index >= 15 is 0 Å². The van der Waals surface area contributed by atoms with Crippen LogP contribution >= 0.6 is 0 Å². The van der Waals surface area contributed by atoms with Gasteiger partial charge in [-0.05, 0) is 44.7 Å². The summed E-state index contributed by atoms with van der Waals surface area (Å²) in [6.07, 6.45) is 2.71. The number of rotatable bonds is 6. The fourth-order valence-corrected chi connectivity index (χ4v) is 3.39. The number of hydrogen-bond donors (Lipinski definition) is 1. The zero-order valence-electron chi connectivity index (χ0n) is 14.7. The van der Waals surface area contributed by atoms with Crippen molar-refractivity contribution in [1.29, 1.82) is 0 Å². The molecule has 1 heterocycles. The number of aliphatic carboxylic acids is 1. The lowest BCUT2D eigenvalue weighted by molar-refractivity contribution is -0.137. The molecule has 0 bridgehead atoms. The van der Waals surface area contributed by atoms with Crippen LogP contribution in [0, 0.1) is 6.92 Å². The molecule has 1 aliphatic rings. The molecule has 6 heteroatoms. The summed E-state index contributed by atoms with van der Waals surface area (Å²) in [6, 6.07) is 8.00. The average Bonchev–Trinajstić information content (AvgIpc) is 3.18. The summed E-state index contributed by atoms with van der Waals surface area (Å²) in [5.41, 5.74) is 4.70. The number of carbonyl (C=O) groups is 2. The van der Waals surface area contributed by atoms with Gasteiger partial charge < -0.3 is 10.0 Å². The van der Waals surface area contributed by atoms with Gasteiger partial charge in [-0.1, -0.05) is 18.2 Å². The number of nitrogens with zero attached hydrogens (tertiary/aromatic N) is 3. The second-order valence-corrected chi connectivity index (χ2v) is 6.35. The molecule has 0 atom stereocenters. The van der Waals surface area contributed by atoms with E-state index in [0.717, 1.165) is 41.8 Å². The zero-order valence-corrected chi connectivity index (χ0v) is 14.7. The number of carboxylic acids is 1. The number of amides is 1. The van der Waals surface area contributed by atoms with E-state index in [1.807, 2.05) is 42.8 Å². The number of aryl methyl sites for hydroxylation is 1. The molecule has 1 aliphatic carbocycles. The number of aromatic nitrogens is 2. The largest absolute Gasteiger partial charge is 0.481 e. The lowest BCUT2D eigenvalue weighted by Gasteiger charge is -2.19. The van der Waals surface area contributed by atoms with Gasteiger partial charge in [-0.2, -0.15) is 5.10 Å². The Hall–Kier alpha value is -2.63. The lowest BCUT2D eigenvalue weighted by atomic mass is 10.1. The molecule has 0 unspecified atom stereocenters. The predicted octanol–water partition coefficient (Wildman–Crippen LogP) is 2.61. The van der Waals surface area contributed by atoms with Gasteiger partial charge in [0.05, 0.1) is 12.1 Å². The van der Waals surface area contributed by atoms with Gasteiger partial charge in [0, 0.05) is 24.3 Å². The summed E-state index contributed by atoms with van der Waals surface area (Å²) in [4.78, 5) is 25.3. The minimum absolute atomic E-state index is 0.0553. The SMILES string of the molecule is CCN(CCC(=O)O)C(=O)c1nn(-c2ccccc2C)c2c1CCC2. The average molecular weight is 341 g/mol. The van der Waals surface area contributed by atoms with E-state index in [4.69, 9.17) is 5.11 Å². The highest BCUT2D eigenvalue weighted by Crippen LogP contribution is 2.29. The Morgan fingerprint density at radius 1 is 1.28 bits per heavy atom. The van der Waals surface area contributed by atoms with E-state index in [1.165, 1.54) is 0 Å². The van der Waals surface area contributed by atoms with Gasteiger partial charge in [-0.3, -0.25) is 9.59 Å². The minimum Gasteiger partial charge on any atom is -0.481 e. The third-order valence-corrected chi connectivity index (χ3v) is 4.74. The van der Waals surface area contributed by atoms with Crippen LogP contribution in [0.3, 0.4) is 0 Å². The molecule has 0 radical (unpaired) electrons. The molecule has 1 aromatic carbocycles. The standard InChI is InChI=1S/C19H23N3O3/c1-3-21(12-11-17(23)24)19(25)18-14-8-6-10-16(14)22(20-18)15-9-5-4-7-13(15)2/h4-5,7,9H,3,6,8,10-12H2,1-2H3,(H,23,24). The molecule has 0 saturated carbocycles. The monoisotopic (exact) mass is 341 g/mol. The van der Waals surface area contributed by atoms with E-state index in [1.54, 1.807) is 4.90 Å². The maximum absolute atomic E-state index is 12.9. The highest BCUT2D eigenvalue weighted by molar-refractivity contribution is 5.94. The number of carboxylic acid groups (broad SMARTS) is 1. The molecule has 1 aromatic heterocycles. The Morgan fingerprint density at radius 2 is 2.04 bits per heavy atom. The molecule has 3 rings (SSSR count). The summed E-state index contributed by atoms with van der Waals surface area (Å²) < 4.78 is 1.90. The first-order chi connectivity index (χ1) is 12.0. The topological polar surface area (TPSA) is 75.4 Å². The molecule has 0 aliphatic heterocycles. The van der Waals surface area contributed by atoms with Crippen molar-refractivity contribution in [2.45, 2.75) is 39.5 Å². The smallest absolute Gasteiger partial charge is 0.305 e.